The number of rotatable bonds is 4. The zero-order chi connectivity index (χ0) is 13.9. The van der Waals surface area contributed by atoms with Crippen molar-refractivity contribution in [1.82, 2.24) is 20.1 Å². The van der Waals surface area contributed by atoms with Crippen LogP contribution in [-0.4, -0.2) is 20.5 Å². The van der Waals surface area contributed by atoms with Gasteiger partial charge >= 0.3 is 0 Å². The molecule has 0 fully saturated rings. The average Bonchev–Trinajstić information content (AvgIpc) is 2.93. The van der Waals surface area contributed by atoms with E-state index in [0.29, 0.717) is 12.1 Å². The summed E-state index contributed by atoms with van der Waals surface area (Å²) >= 11 is 1.95. The first kappa shape index (κ1) is 13.6. The molecule has 0 bridgehead atoms. The number of hydrogen-bond donors (Lipinski definition) is 1. The minimum Gasteiger partial charge on any atom is -0.314 e. The maximum absolute atomic E-state index is 4.22. The van der Waals surface area contributed by atoms with Crippen molar-refractivity contribution in [3.63, 3.8) is 0 Å². The molecule has 4 nitrogen and oxygen atoms in total. The molecule has 106 valence electrons. The Morgan fingerprint density at radius 1 is 1.40 bits per heavy atom. The first-order chi connectivity index (χ1) is 9.75. The molecule has 0 aliphatic carbocycles. The Kier molecular flexibility index (Phi) is 4.08. The lowest BCUT2D eigenvalue weighted by Gasteiger charge is -2.26. The van der Waals surface area contributed by atoms with E-state index >= 15 is 0 Å². The maximum Gasteiger partial charge on any atom is 0.147 e. The molecular weight excluding hydrogens is 268 g/mol. The number of benzene rings is 1. The summed E-state index contributed by atoms with van der Waals surface area (Å²) in [7, 11) is 0. The third-order valence-corrected chi connectivity index (χ3v) is 4.79. The fraction of sp³-hybridized carbons (Fsp3) is 0.467. The minimum absolute atomic E-state index is 0.399. The molecule has 2 aromatic rings. The van der Waals surface area contributed by atoms with Gasteiger partial charge in [-0.2, -0.15) is 0 Å². The van der Waals surface area contributed by atoms with Crippen LogP contribution in [0.1, 0.15) is 43.7 Å². The van der Waals surface area contributed by atoms with Crippen LogP contribution in [0.4, 0.5) is 0 Å². The molecule has 1 aliphatic heterocycles. The van der Waals surface area contributed by atoms with E-state index in [2.05, 4.69) is 58.2 Å². The lowest BCUT2D eigenvalue weighted by atomic mass is 10.0. The summed E-state index contributed by atoms with van der Waals surface area (Å²) in [4.78, 5) is 1.40. The molecule has 20 heavy (non-hydrogen) atoms. The van der Waals surface area contributed by atoms with E-state index in [9.17, 15) is 0 Å². The van der Waals surface area contributed by atoms with Gasteiger partial charge in [0.15, 0.2) is 0 Å². The predicted octanol–water partition coefficient (Wildman–Crippen LogP) is 3.19. The first-order valence-electron chi connectivity index (χ1n) is 7.09. The summed E-state index contributed by atoms with van der Waals surface area (Å²) in [6, 6.07) is 9.50. The summed E-state index contributed by atoms with van der Waals surface area (Å²) < 4.78 is 2.12. The molecule has 2 heterocycles. The zero-order valence-electron chi connectivity index (χ0n) is 11.9. The molecule has 1 aromatic heterocycles. The quantitative estimate of drug-likeness (QED) is 0.938. The van der Waals surface area contributed by atoms with E-state index in [0.717, 1.165) is 18.8 Å². The average molecular weight is 288 g/mol. The van der Waals surface area contributed by atoms with Gasteiger partial charge in [0.25, 0.3) is 0 Å². The zero-order valence-corrected chi connectivity index (χ0v) is 12.7. The van der Waals surface area contributed by atoms with Crippen molar-refractivity contribution in [2.75, 3.05) is 5.75 Å². The van der Waals surface area contributed by atoms with Gasteiger partial charge in [0, 0.05) is 17.0 Å². The number of nitrogens with one attached hydrogen (secondary N) is 1. The lowest BCUT2D eigenvalue weighted by Crippen LogP contribution is -2.26. The normalized spacial score (nSPS) is 18.2. The summed E-state index contributed by atoms with van der Waals surface area (Å²) in [6.45, 7) is 5.07. The summed E-state index contributed by atoms with van der Waals surface area (Å²) in [5.74, 6) is 2.18. The van der Waals surface area contributed by atoms with Gasteiger partial charge in [-0.05, 0) is 37.7 Å². The third-order valence-electron chi connectivity index (χ3n) is 3.67. The van der Waals surface area contributed by atoms with Crippen LogP contribution in [0.2, 0.25) is 0 Å². The molecule has 0 amide bonds. The second-order valence-electron chi connectivity index (χ2n) is 5.36. The number of aromatic nitrogens is 3. The number of fused-ring (bicyclic) bond motifs is 1. The van der Waals surface area contributed by atoms with E-state index in [1.165, 1.54) is 16.2 Å². The van der Waals surface area contributed by atoms with Crippen molar-refractivity contribution in [2.24, 2.45) is 0 Å². The molecule has 0 saturated carbocycles. The van der Waals surface area contributed by atoms with Crippen LogP contribution in [-0.2, 0) is 6.54 Å². The highest BCUT2D eigenvalue weighted by molar-refractivity contribution is 7.99. The minimum atomic E-state index is 0.399. The van der Waals surface area contributed by atoms with Gasteiger partial charge in [0.2, 0.25) is 0 Å². The highest BCUT2D eigenvalue weighted by Gasteiger charge is 2.20. The molecule has 1 aliphatic rings. The van der Waals surface area contributed by atoms with Gasteiger partial charge in [-0.15, -0.1) is 22.0 Å². The van der Waals surface area contributed by atoms with Gasteiger partial charge in [0.1, 0.15) is 12.2 Å². The van der Waals surface area contributed by atoms with Crippen LogP contribution in [0.3, 0.4) is 0 Å². The van der Waals surface area contributed by atoms with E-state index in [1.807, 2.05) is 18.1 Å². The summed E-state index contributed by atoms with van der Waals surface area (Å²) in [5, 5.41) is 11.9. The van der Waals surface area contributed by atoms with Crippen LogP contribution in [0.5, 0.6) is 0 Å². The number of thioether (sulfide) groups is 1. The highest BCUT2D eigenvalue weighted by atomic mass is 32.2. The van der Waals surface area contributed by atoms with Crippen molar-refractivity contribution in [2.45, 2.75) is 43.8 Å². The lowest BCUT2D eigenvalue weighted by molar-refractivity contribution is 0.475. The largest absolute Gasteiger partial charge is 0.314 e. The number of nitrogens with zero attached hydrogens (tertiary/aromatic N) is 3. The van der Waals surface area contributed by atoms with Gasteiger partial charge in [-0.1, -0.05) is 18.2 Å². The molecule has 1 aromatic carbocycles. The Morgan fingerprint density at radius 2 is 2.25 bits per heavy atom. The van der Waals surface area contributed by atoms with Crippen LogP contribution in [0, 0.1) is 0 Å². The van der Waals surface area contributed by atoms with Crippen molar-refractivity contribution in [3.05, 3.63) is 42.0 Å². The molecule has 0 saturated heterocycles. The summed E-state index contributed by atoms with van der Waals surface area (Å²) in [6.07, 6.45) is 2.98. The molecule has 1 unspecified atom stereocenters. The Balaban J connectivity index is 1.72. The topological polar surface area (TPSA) is 42.7 Å². The van der Waals surface area contributed by atoms with Crippen molar-refractivity contribution in [1.29, 1.82) is 0 Å². The predicted molar refractivity (Wildman–Crippen MR) is 81.8 cm³/mol. The van der Waals surface area contributed by atoms with Gasteiger partial charge < -0.3 is 9.88 Å². The van der Waals surface area contributed by atoms with Crippen LogP contribution in [0.25, 0.3) is 0 Å². The van der Waals surface area contributed by atoms with Crippen molar-refractivity contribution >= 4 is 11.8 Å². The Bertz CT molecular complexity index is 579. The fourth-order valence-corrected chi connectivity index (χ4v) is 3.72. The molecule has 1 atom stereocenters. The number of hydrogen-bond acceptors (Lipinski definition) is 4. The Hall–Kier alpha value is -1.33. The maximum atomic E-state index is 4.22. The fourth-order valence-electron chi connectivity index (χ4n) is 2.59. The van der Waals surface area contributed by atoms with E-state index in [1.54, 1.807) is 0 Å². The molecule has 0 spiro atoms. The smallest absolute Gasteiger partial charge is 0.147 e. The van der Waals surface area contributed by atoms with Crippen molar-refractivity contribution < 1.29 is 0 Å². The first-order valence-corrected chi connectivity index (χ1v) is 8.07. The van der Waals surface area contributed by atoms with E-state index in [4.69, 9.17) is 0 Å². The van der Waals surface area contributed by atoms with Crippen LogP contribution >= 0.6 is 11.8 Å². The second-order valence-corrected chi connectivity index (χ2v) is 6.49. The third kappa shape index (κ3) is 2.74. The Labute approximate surface area is 124 Å². The highest BCUT2D eigenvalue weighted by Crippen LogP contribution is 2.35. The van der Waals surface area contributed by atoms with Gasteiger partial charge in [-0.25, -0.2) is 0 Å². The standard InChI is InChI=1S/C15H20N4S/c1-11(2)19-10-17-18-15(19)9-16-13-7-8-20-14-6-4-3-5-12(13)14/h3-6,10-11,13,16H,7-9H2,1-2H3. The molecule has 5 heteroatoms. The van der Waals surface area contributed by atoms with Crippen LogP contribution < -0.4 is 5.32 Å². The summed E-state index contributed by atoms with van der Waals surface area (Å²) in [5.41, 5.74) is 1.42. The molecule has 1 N–H and O–H groups in total. The monoisotopic (exact) mass is 288 g/mol. The molecule has 0 radical (unpaired) electrons. The SMILES string of the molecule is CC(C)n1cnnc1CNC1CCSc2ccccc21. The van der Waals surface area contributed by atoms with Gasteiger partial charge in [0.05, 0.1) is 6.54 Å². The second kappa shape index (κ2) is 5.97. The van der Waals surface area contributed by atoms with Gasteiger partial charge in [-0.3, -0.25) is 0 Å². The Morgan fingerprint density at radius 3 is 3.10 bits per heavy atom. The van der Waals surface area contributed by atoms with Crippen LogP contribution in [0.15, 0.2) is 35.5 Å². The van der Waals surface area contributed by atoms with E-state index in [-0.39, 0.29) is 0 Å². The molecule has 3 rings (SSSR count). The van der Waals surface area contributed by atoms with Crippen molar-refractivity contribution in [3.8, 4) is 0 Å². The molecular formula is C15H20N4S. The van der Waals surface area contributed by atoms with E-state index < -0.39 is 0 Å².